The van der Waals surface area contributed by atoms with E-state index in [9.17, 15) is 0 Å². The quantitative estimate of drug-likeness (QED) is 0.774. The Morgan fingerprint density at radius 2 is 2.18 bits per heavy atom. The van der Waals surface area contributed by atoms with E-state index < -0.39 is 0 Å². The first-order valence-electron chi connectivity index (χ1n) is 8.99. The number of fused-ring (bicyclic) bond motifs is 7. The number of benzene rings is 1. The van der Waals surface area contributed by atoms with E-state index in [0.717, 1.165) is 36.0 Å². The van der Waals surface area contributed by atoms with E-state index in [-0.39, 0.29) is 0 Å². The number of hydrogen-bond donors (Lipinski definition) is 0. The zero-order chi connectivity index (χ0) is 14.9. The zero-order valence-electron chi connectivity index (χ0n) is 13.7. The Hall–Kier alpha value is -1.02. The van der Waals surface area contributed by atoms with Crippen LogP contribution in [-0.4, -0.2) is 19.8 Å². The number of aryl methyl sites for hydroxylation is 1. The van der Waals surface area contributed by atoms with Gasteiger partial charge in [0.1, 0.15) is 5.75 Å². The molecule has 0 N–H and O–H groups in total. The smallest absolute Gasteiger partial charge is 0.119 e. The van der Waals surface area contributed by atoms with Crippen LogP contribution in [0.4, 0.5) is 0 Å². The van der Waals surface area contributed by atoms with Crippen LogP contribution < -0.4 is 4.74 Å². The molecule has 0 spiro atoms. The SMILES string of the molecule is COc1ccc2c(c1)CC[C@@H]1[C@@H]2CC[C@]2(C)[C@@H]3OC[C@@H]3C[C@@H]12. The van der Waals surface area contributed by atoms with Gasteiger partial charge in [0.25, 0.3) is 0 Å². The first-order valence-corrected chi connectivity index (χ1v) is 8.99. The lowest BCUT2D eigenvalue weighted by molar-refractivity contribution is -0.155. The van der Waals surface area contributed by atoms with Crippen LogP contribution in [-0.2, 0) is 11.2 Å². The number of hydrogen-bond acceptors (Lipinski definition) is 2. The average molecular weight is 298 g/mol. The van der Waals surface area contributed by atoms with Crippen LogP contribution in [0, 0.1) is 23.2 Å². The fourth-order valence-electron chi connectivity index (χ4n) is 6.41. The van der Waals surface area contributed by atoms with Gasteiger partial charge in [0, 0.05) is 5.92 Å². The van der Waals surface area contributed by atoms with Crippen molar-refractivity contribution in [1.29, 1.82) is 0 Å². The van der Waals surface area contributed by atoms with Crippen molar-refractivity contribution < 1.29 is 9.47 Å². The molecule has 1 aromatic rings. The third-order valence-electron chi connectivity index (χ3n) is 7.50. The second kappa shape index (κ2) is 4.50. The van der Waals surface area contributed by atoms with Crippen molar-refractivity contribution in [2.24, 2.45) is 23.2 Å². The van der Waals surface area contributed by atoms with E-state index in [1.54, 1.807) is 18.2 Å². The van der Waals surface area contributed by atoms with Gasteiger partial charge in [-0.1, -0.05) is 13.0 Å². The monoisotopic (exact) mass is 298 g/mol. The van der Waals surface area contributed by atoms with Crippen molar-refractivity contribution in [3.05, 3.63) is 29.3 Å². The fourth-order valence-corrected chi connectivity index (χ4v) is 6.41. The zero-order valence-corrected chi connectivity index (χ0v) is 13.7. The van der Waals surface area contributed by atoms with E-state index in [1.807, 2.05) is 0 Å². The maximum atomic E-state index is 5.99. The molecule has 3 fully saturated rings. The molecule has 1 saturated heterocycles. The Morgan fingerprint density at radius 1 is 1.27 bits per heavy atom. The highest BCUT2D eigenvalue weighted by molar-refractivity contribution is 5.40. The van der Waals surface area contributed by atoms with Crippen molar-refractivity contribution in [1.82, 2.24) is 0 Å². The van der Waals surface area contributed by atoms with Gasteiger partial charge in [-0.15, -0.1) is 0 Å². The van der Waals surface area contributed by atoms with Crippen LogP contribution in [0.3, 0.4) is 0 Å². The van der Waals surface area contributed by atoms with Gasteiger partial charge >= 0.3 is 0 Å². The van der Waals surface area contributed by atoms with Gasteiger partial charge in [-0.3, -0.25) is 0 Å². The molecule has 6 atom stereocenters. The van der Waals surface area contributed by atoms with Gasteiger partial charge in [-0.25, -0.2) is 0 Å². The molecule has 4 aliphatic rings. The average Bonchev–Trinajstić information content (AvgIpc) is 2.71. The Kier molecular flexibility index (Phi) is 2.75. The van der Waals surface area contributed by atoms with Crippen LogP contribution in [0.5, 0.6) is 5.75 Å². The molecule has 2 nitrogen and oxygen atoms in total. The highest BCUT2D eigenvalue weighted by Crippen LogP contribution is 2.65. The second-order valence-electron chi connectivity index (χ2n) is 8.27. The lowest BCUT2D eigenvalue weighted by Gasteiger charge is -2.51. The van der Waals surface area contributed by atoms with Crippen LogP contribution >= 0.6 is 0 Å². The Balaban J connectivity index is 1.50. The standard InChI is InChI=1S/C20H26O2/c1-20-8-7-16-15-6-4-14(21-2)9-12(15)3-5-17(16)18(20)10-13-11-22-19(13)20/h4,6,9,13,16-19H,3,5,7-8,10-11H2,1-2H3/t13-,16+,17+,18-,19+,20-/m0/s1. The summed E-state index contributed by atoms with van der Waals surface area (Å²) >= 11 is 0. The van der Waals surface area contributed by atoms with Crippen molar-refractivity contribution in [2.75, 3.05) is 13.7 Å². The molecule has 1 heterocycles. The number of methoxy groups -OCH3 is 1. The minimum Gasteiger partial charge on any atom is -0.497 e. The van der Waals surface area contributed by atoms with Crippen molar-refractivity contribution in [3.8, 4) is 5.75 Å². The van der Waals surface area contributed by atoms with Gasteiger partial charge in [-0.2, -0.15) is 0 Å². The topological polar surface area (TPSA) is 18.5 Å². The first kappa shape index (κ1) is 13.4. The predicted octanol–water partition coefficient (Wildman–Crippen LogP) is 4.18. The Bertz CT molecular complexity index is 610. The van der Waals surface area contributed by atoms with Crippen molar-refractivity contribution in [2.45, 2.75) is 51.0 Å². The molecule has 2 saturated carbocycles. The Labute approximate surface area is 133 Å². The summed E-state index contributed by atoms with van der Waals surface area (Å²) in [6, 6.07) is 6.80. The summed E-state index contributed by atoms with van der Waals surface area (Å²) in [5.74, 6) is 4.44. The molecular weight excluding hydrogens is 272 g/mol. The lowest BCUT2D eigenvalue weighted by atomic mass is 9.55. The summed E-state index contributed by atoms with van der Waals surface area (Å²) in [5.41, 5.74) is 3.63. The molecule has 0 radical (unpaired) electrons. The molecule has 0 bridgehead atoms. The maximum Gasteiger partial charge on any atom is 0.119 e. The molecule has 2 heteroatoms. The molecule has 5 rings (SSSR count). The summed E-state index contributed by atoms with van der Waals surface area (Å²) < 4.78 is 11.4. The third kappa shape index (κ3) is 1.60. The summed E-state index contributed by atoms with van der Waals surface area (Å²) in [6.45, 7) is 3.56. The normalized spacial score (nSPS) is 45.1. The molecule has 118 valence electrons. The summed E-state index contributed by atoms with van der Waals surface area (Å²) in [6.07, 6.45) is 7.31. The van der Waals surface area contributed by atoms with Gasteiger partial charge in [0.15, 0.2) is 0 Å². The van der Waals surface area contributed by atoms with E-state index in [1.165, 1.54) is 32.1 Å². The van der Waals surface area contributed by atoms with Crippen LogP contribution in [0.25, 0.3) is 0 Å². The van der Waals surface area contributed by atoms with E-state index in [2.05, 4.69) is 25.1 Å². The van der Waals surface area contributed by atoms with Crippen molar-refractivity contribution >= 4 is 0 Å². The van der Waals surface area contributed by atoms with Gasteiger partial charge in [-0.05, 0) is 78.5 Å². The summed E-state index contributed by atoms with van der Waals surface area (Å²) in [4.78, 5) is 0. The maximum absolute atomic E-state index is 5.99. The fraction of sp³-hybridized carbons (Fsp3) is 0.700. The molecular formula is C20H26O2. The minimum absolute atomic E-state index is 0.466. The summed E-state index contributed by atoms with van der Waals surface area (Å²) in [5, 5.41) is 0. The molecule has 0 unspecified atom stereocenters. The van der Waals surface area contributed by atoms with Crippen LogP contribution in [0.2, 0.25) is 0 Å². The van der Waals surface area contributed by atoms with Gasteiger partial charge in [0.2, 0.25) is 0 Å². The molecule has 1 aliphatic heterocycles. The third-order valence-corrected chi connectivity index (χ3v) is 7.50. The Morgan fingerprint density at radius 3 is 2.95 bits per heavy atom. The van der Waals surface area contributed by atoms with E-state index in [0.29, 0.717) is 11.5 Å². The lowest BCUT2D eigenvalue weighted by Crippen LogP contribution is -2.49. The molecule has 0 amide bonds. The number of ether oxygens (including phenoxy) is 2. The molecule has 22 heavy (non-hydrogen) atoms. The van der Waals surface area contributed by atoms with Crippen molar-refractivity contribution in [3.63, 3.8) is 0 Å². The van der Waals surface area contributed by atoms with Gasteiger partial charge in [0.05, 0.1) is 19.8 Å². The van der Waals surface area contributed by atoms with E-state index in [4.69, 9.17) is 9.47 Å². The highest BCUT2D eigenvalue weighted by Gasteiger charge is 2.61. The number of rotatable bonds is 1. The van der Waals surface area contributed by atoms with Gasteiger partial charge < -0.3 is 9.47 Å². The molecule has 3 aliphatic carbocycles. The molecule has 1 aromatic carbocycles. The highest BCUT2D eigenvalue weighted by atomic mass is 16.5. The largest absolute Gasteiger partial charge is 0.497 e. The molecule has 0 aromatic heterocycles. The second-order valence-corrected chi connectivity index (χ2v) is 8.27. The minimum atomic E-state index is 0.466. The van der Waals surface area contributed by atoms with Crippen LogP contribution in [0.15, 0.2) is 18.2 Å². The van der Waals surface area contributed by atoms with E-state index >= 15 is 0 Å². The van der Waals surface area contributed by atoms with Crippen LogP contribution in [0.1, 0.15) is 49.7 Å². The first-order chi connectivity index (χ1) is 10.7. The summed E-state index contributed by atoms with van der Waals surface area (Å²) in [7, 11) is 1.77. The predicted molar refractivity (Wildman–Crippen MR) is 86.2 cm³/mol.